The van der Waals surface area contributed by atoms with Crippen LogP contribution in [0.15, 0.2) is 12.4 Å². The summed E-state index contributed by atoms with van der Waals surface area (Å²) in [6, 6.07) is 1.65. The van der Waals surface area contributed by atoms with Gasteiger partial charge in [-0.3, -0.25) is 0 Å². The van der Waals surface area contributed by atoms with Crippen LogP contribution in [0.1, 0.15) is 0 Å². The smallest absolute Gasteiger partial charge is 0.134 e. The van der Waals surface area contributed by atoms with Crippen molar-refractivity contribution in [3.05, 3.63) is 17.5 Å². The highest BCUT2D eigenvalue weighted by Crippen LogP contribution is 2.08. The first-order valence-corrected chi connectivity index (χ1v) is 4.87. The van der Waals surface area contributed by atoms with Gasteiger partial charge < -0.3 is 14.8 Å². The Hall–Kier alpha value is -0.910. The summed E-state index contributed by atoms with van der Waals surface area (Å²) in [4.78, 5) is 7.78. The average Bonchev–Trinajstić information content (AvgIpc) is 2.24. The van der Waals surface area contributed by atoms with Crippen molar-refractivity contribution in [2.75, 3.05) is 32.7 Å². The van der Waals surface area contributed by atoms with Crippen LogP contribution in [0.4, 0.5) is 5.82 Å². The summed E-state index contributed by atoms with van der Waals surface area (Å²) in [5.74, 6) is 0.674. The van der Waals surface area contributed by atoms with Crippen LogP contribution in [0, 0.1) is 0 Å². The summed E-state index contributed by atoms with van der Waals surface area (Å²) in [5.41, 5.74) is 0. The van der Waals surface area contributed by atoms with E-state index >= 15 is 0 Å². The molecule has 0 saturated heterocycles. The molecule has 0 saturated carbocycles. The summed E-state index contributed by atoms with van der Waals surface area (Å²) < 4.78 is 10.2. The second-order valence-corrected chi connectivity index (χ2v) is 3.31. The molecule has 1 rings (SSSR count). The maximum Gasteiger partial charge on any atom is 0.134 e. The van der Waals surface area contributed by atoms with Gasteiger partial charge in [-0.2, -0.15) is 0 Å². The highest BCUT2D eigenvalue weighted by Gasteiger charge is 2.06. The third-order valence-electron chi connectivity index (χ3n) is 1.83. The number of nitrogens with one attached hydrogen (secondary N) is 1. The van der Waals surface area contributed by atoms with Crippen LogP contribution in [0.2, 0.25) is 5.15 Å². The van der Waals surface area contributed by atoms with Gasteiger partial charge in [-0.25, -0.2) is 9.97 Å². The van der Waals surface area contributed by atoms with Crippen LogP contribution in [0.3, 0.4) is 0 Å². The Morgan fingerprint density at radius 2 is 2.27 bits per heavy atom. The third kappa shape index (κ3) is 4.42. The van der Waals surface area contributed by atoms with Gasteiger partial charge >= 0.3 is 0 Å². The minimum Gasteiger partial charge on any atom is -0.382 e. The standard InChI is InChI=1S/C9H14ClN3O2/c1-14-5-7(15-2)4-11-9-3-8(10)12-6-13-9/h3,6-7H,4-5H2,1-2H3,(H,11,12,13). The lowest BCUT2D eigenvalue weighted by Gasteiger charge is -2.15. The molecule has 1 atom stereocenters. The van der Waals surface area contributed by atoms with E-state index in [-0.39, 0.29) is 6.10 Å². The number of halogens is 1. The van der Waals surface area contributed by atoms with Gasteiger partial charge in [-0.05, 0) is 0 Å². The van der Waals surface area contributed by atoms with Gasteiger partial charge in [0.05, 0.1) is 12.7 Å². The topological polar surface area (TPSA) is 56.3 Å². The molecular formula is C9H14ClN3O2. The second-order valence-electron chi connectivity index (χ2n) is 2.92. The van der Waals surface area contributed by atoms with Gasteiger partial charge in [-0.15, -0.1) is 0 Å². The lowest BCUT2D eigenvalue weighted by Crippen LogP contribution is -2.26. The number of hydrogen-bond acceptors (Lipinski definition) is 5. The summed E-state index contributed by atoms with van der Waals surface area (Å²) >= 11 is 5.71. The van der Waals surface area contributed by atoms with Crippen molar-refractivity contribution in [3.8, 4) is 0 Å². The maximum absolute atomic E-state index is 5.71. The molecule has 0 fully saturated rings. The van der Waals surface area contributed by atoms with Crippen molar-refractivity contribution >= 4 is 17.4 Å². The second kappa shape index (κ2) is 6.55. The van der Waals surface area contributed by atoms with Crippen LogP contribution in [0.5, 0.6) is 0 Å². The molecule has 1 heterocycles. The number of rotatable bonds is 6. The zero-order valence-electron chi connectivity index (χ0n) is 8.74. The van der Waals surface area contributed by atoms with Crippen molar-refractivity contribution in [1.29, 1.82) is 0 Å². The molecule has 84 valence electrons. The largest absolute Gasteiger partial charge is 0.382 e. The van der Waals surface area contributed by atoms with E-state index in [9.17, 15) is 0 Å². The van der Waals surface area contributed by atoms with Gasteiger partial charge in [0.1, 0.15) is 17.3 Å². The van der Waals surface area contributed by atoms with Crippen LogP contribution < -0.4 is 5.32 Å². The van der Waals surface area contributed by atoms with E-state index in [1.807, 2.05) is 0 Å². The zero-order valence-corrected chi connectivity index (χ0v) is 9.49. The Labute approximate surface area is 93.8 Å². The predicted molar refractivity (Wildman–Crippen MR) is 58.2 cm³/mol. The Kier molecular flexibility index (Phi) is 5.31. The SMILES string of the molecule is COCC(CNc1cc(Cl)ncn1)OC. The highest BCUT2D eigenvalue weighted by molar-refractivity contribution is 6.29. The zero-order chi connectivity index (χ0) is 11.1. The quantitative estimate of drug-likeness (QED) is 0.746. The number of anilines is 1. The predicted octanol–water partition coefficient (Wildman–Crippen LogP) is 1.20. The van der Waals surface area contributed by atoms with Gasteiger partial charge in [0.2, 0.25) is 0 Å². The van der Waals surface area contributed by atoms with Crippen molar-refractivity contribution in [1.82, 2.24) is 9.97 Å². The molecule has 0 aliphatic heterocycles. The third-order valence-corrected chi connectivity index (χ3v) is 2.04. The molecule has 1 unspecified atom stereocenters. The van der Waals surface area contributed by atoms with Gasteiger partial charge in [0.25, 0.3) is 0 Å². The van der Waals surface area contributed by atoms with Crippen molar-refractivity contribution in [3.63, 3.8) is 0 Å². The monoisotopic (exact) mass is 231 g/mol. The number of methoxy groups -OCH3 is 2. The van der Waals surface area contributed by atoms with Crippen LogP contribution in [-0.2, 0) is 9.47 Å². The molecule has 0 bridgehead atoms. The molecule has 5 nitrogen and oxygen atoms in total. The maximum atomic E-state index is 5.71. The van der Waals surface area contributed by atoms with Gasteiger partial charge in [0, 0.05) is 26.8 Å². The number of ether oxygens (including phenoxy) is 2. The molecule has 0 aliphatic rings. The molecule has 0 aliphatic carbocycles. The molecule has 0 aromatic carbocycles. The molecule has 15 heavy (non-hydrogen) atoms. The minimum atomic E-state index is -0.0104. The first kappa shape index (κ1) is 12.2. The van der Waals surface area contributed by atoms with Crippen LogP contribution >= 0.6 is 11.6 Å². The number of aromatic nitrogens is 2. The molecule has 1 N–H and O–H groups in total. The fraction of sp³-hybridized carbons (Fsp3) is 0.556. The fourth-order valence-electron chi connectivity index (χ4n) is 1.04. The lowest BCUT2D eigenvalue weighted by molar-refractivity contribution is 0.0365. The van der Waals surface area contributed by atoms with E-state index in [1.165, 1.54) is 6.33 Å². The first-order valence-electron chi connectivity index (χ1n) is 4.49. The van der Waals surface area contributed by atoms with E-state index in [4.69, 9.17) is 21.1 Å². The van der Waals surface area contributed by atoms with E-state index in [0.29, 0.717) is 24.1 Å². The molecule has 6 heteroatoms. The lowest BCUT2D eigenvalue weighted by atomic mass is 10.3. The van der Waals surface area contributed by atoms with E-state index in [0.717, 1.165) is 0 Å². The highest BCUT2D eigenvalue weighted by atomic mass is 35.5. The summed E-state index contributed by atoms with van der Waals surface area (Å²) in [6.07, 6.45) is 1.40. The Balaban J connectivity index is 2.41. The van der Waals surface area contributed by atoms with Crippen molar-refractivity contribution < 1.29 is 9.47 Å². The minimum absolute atomic E-state index is 0.0104. The molecule has 0 radical (unpaired) electrons. The molecular weight excluding hydrogens is 218 g/mol. The Morgan fingerprint density at radius 1 is 1.47 bits per heavy atom. The first-order chi connectivity index (χ1) is 7.26. The van der Waals surface area contributed by atoms with E-state index < -0.39 is 0 Å². The van der Waals surface area contributed by atoms with E-state index in [1.54, 1.807) is 20.3 Å². The summed E-state index contributed by atoms with van der Waals surface area (Å²) in [6.45, 7) is 1.14. The normalized spacial score (nSPS) is 12.5. The van der Waals surface area contributed by atoms with Crippen molar-refractivity contribution in [2.45, 2.75) is 6.10 Å². The number of nitrogens with zero attached hydrogens (tertiary/aromatic N) is 2. The Bertz CT molecular complexity index is 298. The summed E-state index contributed by atoms with van der Waals surface area (Å²) in [7, 11) is 3.27. The summed E-state index contributed by atoms with van der Waals surface area (Å²) in [5, 5.41) is 3.49. The molecule has 0 amide bonds. The van der Waals surface area contributed by atoms with Crippen molar-refractivity contribution in [2.24, 2.45) is 0 Å². The van der Waals surface area contributed by atoms with Crippen LogP contribution in [-0.4, -0.2) is 43.4 Å². The van der Waals surface area contributed by atoms with Gasteiger partial charge in [-0.1, -0.05) is 11.6 Å². The van der Waals surface area contributed by atoms with Gasteiger partial charge in [0.15, 0.2) is 0 Å². The fourth-order valence-corrected chi connectivity index (χ4v) is 1.19. The van der Waals surface area contributed by atoms with E-state index in [2.05, 4.69) is 15.3 Å². The molecule has 1 aromatic rings. The average molecular weight is 232 g/mol. The molecule has 0 spiro atoms. The molecule has 1 aromatic heterocycles. The number of hydrogen-bond donors (Lipinski definition) is 1. The van der Waals surface area contributed by atoms with Crippen LogP contribution in [0.25, 0.3) is 0 Å². The Morgan fingerprint density at radius 3 is 2.87 bits per heavy atom.